The molecule has 0 saturated carbocycles. The zero-order valence-electron chi connectivity index (χ0n) is 9.53. The number of ether oxygens (including phenoxy) is 2. The van der Waals surface area contributed by atoms with Crippen molar-refractivity contribution in [3.05, 3.63) is 29.3 Å². The molecule has 0 aliphatic carbocycles. The molecule has 1 aliphatic heterocycles. The van der Waals surface area contributed by atoms with Gasteiger partial charge in [-0.25, -0.2) is 9.63 Å². The van der Waals surface area contributed by atoms with Gasteiger partial charge in [-0.3, -0.25) is 0 Å². The fourth-order valence-electron chi connectivity index (χ4n) is 1.91. The van der Waals surface area contributed by atoms with E-state index in [2.05, 4.69) is 4.84 Å². The molecule has 0 saturated heterocycles. The van der Waals surface area contributed by atoms with E-state index in [1.54, 1.807) is 19.1 Å². The molecule has 17 heavy (non-hydrogen) atoms. The van der Waals surface area contributed by atoms with Crippen LogP contribution in [-0.2, 0) is 4.74 Å². The first-order chi connectivity index (χ1) is 8.27. The van der Waals surface area contributed by atoms with Crippen LogP contribution in [0.3, 0.4) is 0 Å². The molecule has 0 radical (unpaired) electrons. The highest BCUT2D eigenvalue weighted by atomic mass is 35.5. The van der Waals surface area contributed by atoms with E-state index < -0.39 is 0 Å². The van der Waals surface area contributed by atoms with Gasteiger partial charge < -0.3 is 9.47 Å². The fraction of sp³-hybridized carbons (Fsp3) is 0.417. The summed E-state index contributed by atoms with van der Waals surface area (Å²) >= 11 is 5.68. The molecular formula is C12H14ClNO3. The molecular weight excluding hydrogens is 242 g/mol. The summed E-state index contributed by atoms with van der Waals surface area (Å²) in [5.74, 6) is 0.218. The summed E-state index contributed by atoms with van der Waals surface area (Å²) < 4.78 is 10.5. The number of halogens is 1. The number of nitrogens with one attached hydrogen (secondary N) is 1. The molecule has 1 N–H and O–H groups in total. The second kappa shape index (κ2) is 5.38. The fourth-order valence-corrected chi connectivity index (χ4v) is 2.13. The lowest BCUT2D eigenvalue weighted by molar-refractivity contribution is 0.0520. The number of carbonyl (C=O) groups is 1. The van der Waals surface area contributed by atoms with Crippen molar-refractivity contribution in [2.24, 2.45) is 0 Å². The number of para-hydroxylation sites is 1. The smallest absolute Gasteiger partial charge is 0.341 e. The molecule has 0 bridgehead atoms. The van der Waals surface area contributed by atoms with Gasteiger partial charge >= 0.3 is 5.97 Å². The molecule has 1 atom stereocenters. The van der Waals surface area contributed by atoms with Gasteiger partial charge in [0.15, 0.2) is 0 Å². The van der Waals surface area contributed by atoms with Gasteiger partial charge in [-0.1, -0.05) is 12.1 Å². The molecule has 4 nitrogen and oxygen atoms in total. The van der Waals surface area contributed by atoms with E-state index >= 15 is 0 Å². The van der Waals surface area contributed by atoms with Crippen LogP contribution in [0, 0.1) is 0 Å². The SMILES string of the molecule is CCOC(=O)c1cccc2c1OCC[C@@H]2NCl. The van der Waals surface area contributed by atoms with Crippen LogP contribution < -0.4 is 9.57 Å². The predicted molar refractivity (Wildman–Crippen MR) is 64.2 cm³/mol. The zero-order chi connectivity index (χ0) is 12.3. The first-order valence-electron chi connectivity index (χ1n) is 5.57. The number of carbonyl (C=O) groups excluding carboxylic acids is 1. The monoisotopic (exact) mass is 255 g/mol. The highest BCUT2D eigenvalue weighted by molar-refractivity contribution is 6.13. The first kappa shape index (κ1) is 12.2. The van der Waals surface area contributed by atoms with E-state index in [1.807, 2.05) is 6.07 Å². The first-order valence-corrected chi connectivity index (χ1v) is 5.94. The van der Waals surface area contributed by atoms with Crippen molar-refractivity contribution in [1.82, 2.24) is 4.84 Å². The Bertz CT molecular complexity index is 422. The van der Waals surface area contributed by atoms with E-state index in [4.69, 9.17) is 21.3 Å². The quantitative estimate of drug-likeness (QED) is 0.666. The van der Waals surface area contributed by atoms with E-state index in [0.29, 0.717) is 24.5 Å². The molecule has 1 aliphatic rings. The molecule has 1 heterocycles. The summed E-state index contributed by atoms with van der Waals surface area (Å²) in [6.45, 7) is 2.66. The van der Waals surface area contributed by atoms with Gasteiger partial charge in [0.25, 0.3) is 0 Å². The maximum atomic E-state index is 11.8. The van der Waals surface area contributed by atoms with E-state index in [0.717, 1.165) is 12.0 Å². The van der Waals surface area contributed by atoms with Gasteiger partial charge in [0, 0.05) is 12.0 Å². The van der Waals surface area contributed by atoms with Crippen LogP contribution in [0.25, 0.3) is 0 Å². The number of hydrogen-bond acceptors (Lipinski definition) is 4. The van der Waals surface area contributed by atoms with Gasteiger partial charge in [-0.15, -0.1) is 0 Å². The van der Waals surface area contributed by atoms with Crippen molar-refractivity contribution < 1.29 is 14.3 Å². The summed E-state index contributed by atoms with van der Waals surface area (Å²) in [5, 5.41) is 0. The average Bonchev–Trinajstić information content (AvgIpc) is 2.37. The van der Waals surface area contributed by atoms with Crippen LogP contribution in [0.2, 0.25) is 0 Å². The Morgan fingerprint density at radius 3 is 3.18 bits per heavy atom. The molecule has 5 heteroatoms. The van der Waals surface area contributed by atoms with Crippen LogP contribution >= 0.6 is 11.8 Å². The minimum absolute atomic E-state index is 0.00907. The molecule has 0 aromatic heterocycles. The van der Waals surface area contributed by atoms with Crippen molar-refractivity contribution >= 4 is 17.7 Å². The topological polar surface area (TPSA) is 47.6 Å². The standard InChI is InChI=1S/C12H14ClNO3/c1-2-16-12(15)9-5-3-4-8-10(14-13)6-7-17-11(8)9/h3-5,10,14H,2,6-7H2,1H3/t10-/m0/s1. The highest BCUT2D eigenvalue weighted by Gasteiger charge is 2.25. The van der Waals surface area contributed by atoms with E-state index in [-0.39, 0.29) is 12.0 Å². The molecule has 0 fully saturated rings. The average molecular weight is 256 g/mol. The Balaban J connectivity index is 2.38. The van der Waals surface area contributed by atoms with Gasteiger partial charge in [-0.05, 0) is 24.8 Å². The minimum atomic E-state index is -0.362. The third kappa shape index (κ3) is 2.37. The van der Waals surface area contributed by atoms with Gasteiger partial charge in [0.1, 0.15) is 11.3 Å². The third-order valence-corrected chi connectivity index (χ3v) is 2.96. The Hall–Kier alpha value is -1.26. The lowest BCUT2D eigenvalue weighted by Crippen LogP contribution is -2.23. The molecule has 1 aromatic rings. The Labute approximate surface area is 105 Å². The number of fused-ring (bicyclic) bond motifs is 1. The molecule has 0 unspecified atom stereocenters. The van der Waals surface area contributed by atoms with Gasteiger partial charge in [-0.2, -0.15) is 0 Å². The summed E-state index contributed by atoms with van der Waals surface area (Å²) in [6.07, 6.45) is 0.781. The van der Waals surface area contributed by atoms with Crippen LogP contribution in [0.4, 0.5) is 0 Å². The molecule has 0 spiro atoms. The maximum absolute atomic E-state index is 11.8. The number of benzene rings is 1. The summed E-state index contributed by atoms with van der Waals surface area (Å²) in [7, 11) is 0. The second-order valence-corrected chi connectivity index (χ2v) is 3.96. The van der Waals surface area contributed by atoms with Gasteiger partial charge in [0.05, 0.1) is 19.3 Å². The van der Waals surface area contributed by atoms with Crippen LogP contribution in [0.1, 0.15) is 35.3 Å². The van der Waals surface area contributed by atoms with Crippen LogP contribution in [-0.4, -0.2) is 19.2 Å². The van der Waals surface area contributed by atoms with Gasteiger partial charge in [0.2, 0.25) is 0 Å². The maximum Gasteiger partial charge on any atom is 0.341 e. The van der Waals surface area contributed by atoms with Crippen molar-refractivity contribution in [2.75, 3.05) is 13.2 Å². The van der Waals surface area contributed by atoms with Crippen molar-refractivity contribution in [2.45, 2.75) is 19.4 Å². The van der Waals surface area contributed by atoms with E-state index in [9.17, 15) is 4.79 Å². The molecule has 1 aromatic carbocycles. The zero-order valence-corrected chi connectivity index (χ0v) is 10.3. The number of hydrogen-bond donors (Lipinski definition) is 1. The summed E-state index contributed by atoms with van der Waals surface area (Å²) in [5.41, 5.74) is 1.36. The molecule has 0 amide bonds. The van der Waals surface area contributed by atoms with Crippen LogP contribution in [0.5, 0.6) is 5.75 Å². The third-order valence-electron chi connectivity index (χ3n) is 2.70. The Morgan fingerprint density at radius 1 is 1.65 bits per heavy atom. The largest absolute Gasteiger partial charge is 0.492 e. The normalized spacial score (nSPS) is 18.1. The summed E-state index contributed by atoms with van der Waals surface area (Å²) in [4.78, 5) is 14.5. The minimum Gasteiger partial charge on any atom is -0.492 e. The highest BCUT2D eigenvalue weighted by Crippen LogP contribution is 2.35. The van der Waals surface area contributed by atoms with E-state index in [1.165, 1.54) is 0 Å². The number of rotatable bonds is 3. The lowest BCUT2D eigenvalue weighted by atomic mass is 9.98. The van der Waals surface area contributed by atoms with Crippen molar-refractivity contribution in [1.29, 1.82) is 0 Å². The molecule has 92 valence electrons. The number of esters is 1. The van der Waals surface area contributed by atoms with Crippen molar-refractivity contribution in [3.63, 3.8) is 0 Å². The lowest BCUT2D eigenvalue weighted by Gasteiger charge is -2.25. The summed E-state index contributed by atoms with van der Waals surface area (Å²) in [6, 6.07) is 5.42. The second-order valence-electron chi connectivity index (χ2n) is 3.74. The van der Waals surface area contributed by atoms with Crippen molar-refractivity contribution in [3.8, 4) is 5.75 Å². The Morgan fingerprint density at radius 2 is 2.47 bits per heavy atom. The molecule has 2 rings (SSSR count). The predicted octanol–water partition coefficient (Wildman–Crippen LogP) is 2.43. The Kier molecular flexibility index (Phi) is 3.86. The van der Waals surface area contributed by atoms with Crippen LogP contribution in [0.15, 0.2) is 18.2 Å².